The minimum Gasteiger partial charge on any atom is -0.497 e. The van der Waals surface area contributed by atoms with Crippen molar-refractivity contribution in [1.82, 2.24) is 9.21 Å². The lowest BCUT2D eigenvalue weighted by atomic mass is 10.0. The van der Waals surface area contributed by atoms with E-state index in [-0.39, 0.29) is 36.5 Å². The maximum Gasteiger partial charge on any atom is 0.243 e. The van der Waals surface area contributed by atoms with Gasteiger partial charge in [-0.2, -0.15) is 4.31 Å². The van der Waals surface area contributed by atoms with Crippen LogP contribution in [0, 0.1) is 0 Å². The number of methoxy groups -OCH3 is 1. The first-order valence-electron chi connectivity index (χ1n) is 11.7. The lowest BCUT2D eigenvalue weighted by molar-refractivity contribution is -0.135. The Morgan fingerprint density at radius 3 is 2.64 bits per heavy atom. The SMILES string of the molecule is CCCN(CC(=O)N1CCc2sccc2[C@@H]1COc1cccc(OC)c1)S(=O)(=O)c1ccc(Cl)cc1. The van der Waals surface area contributed by atoms with Crippen LogP contribution in [0.1, 0.15) is 29.8 Å². The number of benzene rings is 2. The molecular formula is C26H29ClN2O5S2. The van der Waals surface area contributed by atoms with Crippen LogP contribution in [0.3, 0.4) is 0 Å². The minimum atomic E-state index is -3.86. The van der Waals surface area contributed by atoms with Crippen LogP contribution in [0.4, 0.5) is 0 Å². The fourth-order valence-electron chi connectivity index (χ4n) is 4.27. The van der Waals surface area contributed by atoms with Gasteiger partial charge in [-0.25, -0.2) is 8.42 Å². The van der Waals surface area contributed by atoms with Crippen molar-refractivity contribution in [2.45, 2.75) is 30.7 Å². The summed E-state index contributed by atoms with van der Waals surface area (Å²) < 4.78 is 39.3. The highest BCUT2D eigenvalue weighted by Gasteiger charge is 2.35. The second-order valence-corrected chi connectivity index (χ2v) is 11.8. The Morgan fingerprint density at radius 1 is 1.17 bits per heavy atom. The molecule has 1 aromatic heterocycles. The molecule has 1 aliphatic rings. The lowest BCUT2D eigenvalue weighted by Gasteiger charge is -2.37. The monoisotopic (exact) mass is 548 g/mol. The van der Waals surface area contributed by atoms with Crippen molar-refractivity contribution in [1.29, 1.82) is 0 Å². The summed E-state index contributed by atoms with van der Waals surface area (Å²) >= 11 is 7.60. The van der Waals surface area contributed by atoms with Crippen molar-refractivity contribution in [3.8, 4) is 11.5 Å². The summed E-state index contributed by atoms with van der Waals surface area (Å²) in [6.07, 6.45) is 1.31. The van der Waals surface area contributed by atoms with Gasteiger partial charge in [0.15, 0.2) is 0 Å². The molecule has 0 spiro atoms. The summed E-state index contributed by atoms with van der Waals surface area (Å²) in [6, 6.07) is 15.0. The molecule has 0 unspecified atom stereocenters. The Bertz CT molecular complexity index is 1290. The number of nitrogens with zero attached hydrogens (tertiary/aromatic N) is 2. The first-order valence-corrected chi connectivity index (χ1v) is 14.4. The number of hydrogen-bond donors (Lipinski definition) is 0. The van der Waals surface area contributed by atoms with Gasteiger partial charge in [0.25, 0.3) is 0 Å². The van der Waals surface area contributed by atoms with E-state index in [9.17, 15) is 13.2 Å². The van der Waals surface area contributed by atoms with Gasteiger partial charge in [-0.1, -0.05) is 24.6 Å². The Balaban J connectivity index is 1.55. The topological polar surface area (TPSA) is 76.2 Å². The number of carbonyl (C=O) groups excluding carboxylic acids is 1. The number of rotatable bonds is 10. The van der Waals surface area contributed by atoms with Gasteiger partial charge in [0.05, 0.1) is 24.6 Å². The molecular weight excluding hydrogens is 520 g/mol. The molecule has 0 N–H and O–H groups in total. The average Bonchev–Trinajstić information content (AvgIpc) is 3.36. The maximum atomic E-state index is 13.6. The number of halogens is 1. The van der Waals surface area contributed by atoms with Crippen LogP contribution in [0.2, 0.25) is 5.02 Å². The van der Waals surface area contributed by atoms with Crippen LogP contribution in [0.25, 0.3) is 0 Å². The van der Waals surface area contributed by atoms with E-state index in [1.165, 1.54) is 33.4 Å². The predicted molar refractivity (Wildman–Crippen MR) is 141 cm³/mol. The molecule has 7 nitrogen and oxygen atoms in total. The number of carbonyl (C=O) groups is 1. The van der Waals surface area contributed by atoms with Gasteiger partial charge in [0.1, 0.15) is 18.1 Å². The average molecular weight is 549 g/mol. The number of ether oxygens (including phenoxy) is 2. The van der Waals surface area contributed by atoms with Gasteiger partial charge in [0.2, 0.25) is 15.9 Å². The highest BCUT2D eigenvalue weighted by Crippen LogP contribution is 2.34. The van der Waals surface area contributed by atoms with Crippen molar-refractivity contribution in [2.24, 2.45) is 0 Å². The van der Waals surface area contributed by atoms with Gasteiger partial charge in [-0.05, 0) is 66.2 Å². The molecule has 10 heteroatoms. The minimum absolute atomic E-state index is 0.116. The largest absolute Gasteiger partial charge is 0.497 e. The van der Waals surface area contributed by atoms with Crippen LogP contribution >= 0.6 is 22.9 Å². The zero-order chi connectivity index (χ0) is 25.7. The molecule has 192 valence electrons. The number of hydrogen-bond acceptors (Lipinski definition) is 6. The smallest absolute Gasteiger partial charge is 0.243 e. The zero-order valence-electron chi connectivity index (χ0n) is 20.2. The van der Waals surface area contributed by atoms with Gasteiger partial charge in [0, 0.05) is 29.1 Å². The molecule has 0 fully saturated rings. The summed E-state index contributed by atoms with van der Waals surface area (Å²) in [5.41, 5.74) is 1.05. The third-order valence-corrected chi connectivity index (χ3v) is 9.21. The summed E-state index contributed by atoms with van der Waals surface area (Å²) in [4.78, 5) is 16.7. The van der Waals surface area contributed by atoms with E-state index in [1.807, 2.05) is 36.6 Å². The summed E-state index contributed by atoms with van der Waals surface area (Å²) in [7, 11) is -2.26. The molecule has 0 radical (unpaired) electrons. The van der Waals surface area contributed by atoms with Crippen LogP contribution in [0.5, 0.6) is 11.5 Å². The maximum absolute atomic E-state index is 13.6. The predicted octanol–water partition coefficient (Wildman–Crippen LogP) is 5.02. The van der Waals surface area contributed by atoms with Crippen LogP contribution < -0.4 is 9.47 Å². The third kappa shape index (κ3) is 5.86. The molecule has 0 saturated carbocycles. The van der Waals surface area contributed by atoms with Crippen molar-refractivity contribution in [3.63, 3.8) is 0 Å². The Labute approximate surface area is 221 Å². The molecule has 1 atom stereocenters. The molecule has 0 saturated heterocycles. The van der Waals surface area contributed by atoms with E-state index in [4.69, 9.17) is 21.1 Å². The third-order valence-electron chi connectivity index (χ3n) is 6.10. The molecule has 0 bridgehead atoms. The first-order chi connectivity index (χ1) is 17.3. The van der Waals surface area contributed by atoms with Crippen molar-refractivity contribution in [2.75, 3.05) is 33.4 Å². The fourth-order valence-corrected chi connectivity index (χ4v) is 6.81. The Morgan fingerprint density at radius 2 is 1.92 bits per heavy atom. The molecule has 1 aliphatic heterocycles. The number of amides is 1. The van der Waals surface area contributed by atoms with Gasteiger partial charge >= 0.3 is 0 Å². The molecule has 2 heterocycles. The molecule has 4 rings (SSSR count). The van der Waals surface area contributed by atoms with E-state index in [2.05, 4.69) is 0 Å². The molecule has 36 heavy (non-hydrogen) atoms. The number of fused-ring (bicyclic) bond motifs is 1. The summed E-state index contributed by atoms with van der Waals surface area (Å²) in [6.45, 7) is 2.63. The van der Waals surface area contributed by atoms with E-state index >= 15 is 0 Å². The van der Waals surface area contributed by atoms with Gasteiger partial charge in [-0.3, -0.25) is 4.79 Å². The number of sulfonamides is 1. The van der Waals surface area contributed by atoms with Crippen molar-refractivity contribution >= 4 is 38.9 Å². The van der Waals surface area contributed by atoms with E-state index in [0.717, 1.165) is 12.0 Å². The summed E-state index contributed by atoms with van der Waals surface area (Å²) in [5.74, 6) is 1.07. The van der Waals surface area contributed by atoms with Crippen LogP contribution in [-0.2, 0) is 21.2 Å². The van der Waals surface area contributed by atoms with Crippen LogP contribution in [-0.4, -0.2) is 56.9 Å². The van der Waals surface area contributed by atoms with E-state index in [1.54, 1.807) is 29.4 Å². The van der Waals surface area contributed by atoms with Gasteiger partial charge < -0.3 is 14.4 Å². The lowest BCUT2D eigenvalue weighted by Crippen LogP contribution is -2.48. The Kier molecular flexibility index (Phi) is 8.56. The van der Waals surface area contributed by atoms with E-state index < -0.39 is 10.0 Å². The number of thiophene rings is 1. The van der Waals surface area contributed by atoms with Crippen molar-refractivity contribution in [3.05, 3.63) is 75.4 Å². The Hall–Kier alpha value is -2.59. The molecule has 2 aromatic carbocycles. The molecule has 0 aliphatic carbocycles. The first kappa shape index (κ1) is 26.5. The van der Waals surface area contributed by atoms with Crippen LogP contribution in [0.15, 0.2) is 64.9 Å². The van der Waals surface area contributed by atoms with Gasteiger partial charge in [-0.15, -0.1) is 11.3 Å². The van der Waals surface area contributed by atoms with E-state index in [0.29, 0.717) is 29.5 Å². The second-order valence-electron chi connectivity index (χ2n) is 8.43. The van der Waals surface area contributed by atoms with Crippen molar-refractivity contribution < 1.29 is 22.7 Å². The highest BCUT2D eigenvalue weighted by atomic mass is 35.5. The molecule has 1 amide bonds. The second kappa shape index (κ2) is 11.6. The fraction of sp³-hybridized carbons (Fsp3) is 0.346. The normalized spacial score (nSPS) is 15.6. The highest BCUT2D eigenvalue weighted by molar-refractivity contribution is 7.89. The summed E-state index contributed by atoms with van der Waals surface area (Å²) in [5, 5.41) is 2.47. The molecule has 3 aromatic rings. The standard InChI is InChI=1S/C26H29ClN2O5S2/c1-3-13-28(36(31,32)22-9-7-19(27)8-10-22)17-26(30)29-14-11-25-23(12-15-35-25)24(29)18-34-21-6-4-5-20(16-21)33-2/h4-10,12,15-16,24H,3,11,13-14,17-18H2,1-2H3/t24-/m0/s1. The quantitative estimate of drug-likeness (QED) is 0.356. The zero-order valence-corrected chi connectivity index (χ0v) is 22.6.